The molecule has 5 heteroatoms. The maximum Gasteiger partial charge on any atom is 0.129 e. The molecule has 1 aliphatic rings. The highest BCUT2D eigenvalue weighted by molar-refractivity contribution is 6.42. The Balaban J connectivity index is 2.14. The lowest BCUT2D eigenvalue weighted by Crippen LogP contribution is -2.10. The largest absolute Gasteiger partial charge is 0.383 e. The molecule has 3 rings (SSSR count). The van der Waals surface area contributed by atoms with Gasteiger partial charge in [0.15, 0.2) is 0 Å². The third kappa shape index (κ3) is 2.11. The minimum atomic E-state index is 0.521. The number of hydrogen-bond donors (Lipinski definition) is 1. The van der Waals surface area contributed by atoms with Gasteiger partial charge < -0.3 is 5.73 Å². The van der Waals surface area contributed by atoms with E-state index in [2.05, 4.69) is 5.10 Å². The summed E-state index contributed by atoms with van der Waals surface area (Å²) in [6.07, 6.45) is 3.64. The normalized spacial score (nSPS) is 15.5. The quantitative estimate of drug-likeness (QED) is 0.900. The van der Waals surface area contributed by atoms with E-state index in [1.54, 1.807) is 10.7 Å². The SMILES string of the molecule is Cn1nc(C2CCC2)c(-c2ccc(Cl)c(Cl)c2)c1N. The third-order valence-corrected chi connectivity index (χ3v) is 4.56. The molecule has 3 nitrogen and oxygen atoms in total. The molecular weight excluding hydrogens is 281 g/mol. The predicted molar refractivity (Wildman–Crippen MR) is 79.7 cm³/mol. The first-order valence-corrected chi connectivity index (χ1v) is 7.11. The Morgan fingerprint density at radius 3 is 2.58 bits per heavy atom. The van der Waals surface area contributed by atoms with Crippen molar-refractivity contribution in [1.29, 1.82) is 0 Å². The summed E-state index contributed by atoms with van der Waals surface area (Å²) in [6, 6.07) is 5.61. The fraction of sp³-hybridized carbons (Fsp3) is 0.357. The van der Waals surface area contributed by atoms with Crippen LogP contribution in [0.3, 0.4) is 0 Å². The van der Waals surface area contributed by atoms with Crippen LogP contribution in [-0.4, -0.2) is 9.78 Å². The average molecular weight is 296 g/mol. The van der Waals surface area contributed by atoms with Crippen molar-refractivity contribution in [3.05, 3.63) is 33.9 Å². The van der Waals surface area contributed by atoms with Crippen molar-refractivity contribution in [2.75, 3.05) is 5.73 Å². The number of aryl methyl sites for hydroxylation is 1. The molecule has 100 valence electrons. The van der Waals surface area contributed by atoms with E-state index in [1.807, 2.05) is 19.2 Å². The zero-order chi connectivity index (χ0) is 13.6. The number of rotatable bonds is 2. The van der Waals surface area contributed by atoms with Crippen molar-refractivity contribution in [2.24, 2.45) is 7.05 Å². The van der Waals surface area contributed by atoms with Crippen molar-refractivity contribution >= 4 is 29.0 Å². The molecule has 0 atom stereocenters. The summed E-state index contributed by atoms with van der Waals surface area (Å²) in [6.45, 7) is 0. The van der Waals surface area contributed by atoms with Crippen molar-refractivity contribution in [3.63, 3.8) is 0 Å². The molecule has 19 heavy (non-hydrogen) atoms. The minimum Gasteiger partial charge on any atom is -0.383 e. The molecule has 0 aliphatic heterocycles. The summed E-state index contributed by atoms with van der Waals surface area (Å²) in [4.78, 5) is 0. The van der Waals surface area contributed by atoms with Gasteiger partial charge in [0.25, 0.3) is 0 Å². The van der Waals surface area contributed by atoms with Crippen LogP contribution < -0.4 is 5.73 Å². The fourth-order valence-corrected chi connectivity index (χ4v) is 2.77. The Labute approximate surface area is 122 Å². The number of halogens is 2. The van der Waals surface area contributed by atoms with Crippen LogP contribution >= 0.6 is 23.2 Å². The number of nitrogen functional groups attached to an aromatic ring is 1. The van der Waals surface area contributed by atoms with Crippen molar-refractivity contribution < 1.29 is 0 Å². The number of aromatic nitrogens is 2. The molecule has 2 aromatic rings. The van der Waals surface area contributed by atoms with E-state index in [0.29, 0.717) is 21.8 Å². The zero-order valence-electron chi connectivity index (χ0n) is 10.7. The van der Waals surface area contributed by atoms with E-state index in [1.165, 1.54) is 19.3 Å². The van der Waals surface area contributed by atoms with E-state index in [0.717, 1.165) is 16.8 Å². The summed E-state index contributed by atoms with van der Waals surface area (Å²) >= 11 is 12.1. The zero-order valence-corrected chi connectivity index (χ0v) is 12.2. The lowest BCUT2D eigenvalue weighted by atomic mass is 9.80. The van der Waals surface area contributed by atoms with E-state index in [4.69, 9.17) is 28.9 Å². The van der Waals surface area contributed by atoms with Gasteiger partial charge in [-0.3, -0.25) is 4.68 Å². The standard InChI is InChI=1S/C14H15Cl2N3/c1-19-14(17)12(13(18-19)8-3-2-4-8)9-5-6-10(15)11(16)7-9/h5-8H,2-4,17H2,1H3. The third-order valence-electron chi connectivity index (χ3n) is 3.82. The smallest absolute Gasteiger partial charge is 0.129 e. The second-order valence-corrected chi connectivity index (χ2v) is 5.84. The van der Waals surface area contributed by atoms with Gasteiger partial charge in [-0.05, 0) is 30.5 Å². The Bertz CT molecular complexity index is 630. The van der Waals surface area contributed by atoms with E-state index in [-0.39, 0.29) is 0 Å². The Kier molecular flexibility index (Phi) is 3.19. The van der Waals surface area contributed by atoms with Gasteiger partial charge in [0.2, 0.25) is 0 Å². The topological polar surface area (TPSA) is 43.8 Å². The molecule has 0 unspecified atom stereocenters. The highest BCUT2D eigenvalue weighted by atomic mass is 35.5. The molecule has 2 N–H and O–H groups in total. The van der Waals surface area contributed by atoms with Gasteiger partial charge in [-0.1, -0.05) is 35.7 Å². The fourth-order valence-electron chi connectivity index (χ4n) is 2.47. The minimum absolute atomic E-state index is 0.521. The van der Waals surface area contributed by atoms with Crippen LogP contribution in [0, 0.1) is 0 Å². The first-order valence-electron chi connectivity index (χ1n) is 6.35. The summed E-state index contributed by atoms with van der Waals surface area (Å²) in [5.41, 5.74) is 9.25. The summed E-state index contributed by atoms with van der Waals surface area (Å²) in [5.74, 6) is 1.20. The van der Waals surface area contributed by atoms with Crippen LogP contribution in [0.2, 0.25) is 10.0 Å². The number of anilines is 1. The van der Waals surface area contributed by atoms with Gasteiger partial charge in [-0.25, -0.2) is 0 Å². The molecule has 0 amide bonds. The van der Waals surface area contributed by atoms with Gasteiger partial charge in [0.1, 0.15) is 5.82 Å². The first kappa shape index (κ1) is 12.8. The molecule has 0 spiro atoms. The molecule has 1 aromatic carbocycles. The van der Waals surface area contributed by atoms with Crippen molar-refractivity contribution in [1.82, 2.24) is 9.78 Å². The van der Waals surface area contributed by atoms with Gasteiger partial charge >= 0.3 is 0 Å². The van der Waals surface area contributed by atoms with E-state index >= 15 is 0 Å². The van der Waals surface area contributed by atoms with Crippen LogP contribution in [0.5, 0.6) is 0 Å². The highest BCUT2D eigenvalue weighted by Gasteiger charge is 2.28. The van der Waals surface area contributed by atoms with Gasteiger partial charge in [0, 0.05) is 18.5 Å². The summed E-state index contributed by atoms with van der Waals surface area (Å²) in [5, 5.41) is 5.67. The molecule has 0 bridgehead atoms. The molecule has 1 fully saturated rings. The number of benzene rings is 1. The van der Waals surface area contributed by atoms with Crippen LogP contribution in [0.25, 0.3) is 11.1 Å². The first-order chi connectivity index (χ1) is 9.08. The van der Waals surface area contributed by atoms with E-state index in [9.17, 15) is 0 Å². The molecule has 1 saturated carbocycles. The number of nitrogens with zero attached hydrogens (tertiary/aromatic N) is 2. The maximum absolute atomic E-state index is 6.16. The Hall–Kier alpha value is -1.19. The van der Waals surface area contributed by atoms with Crippen LogP contribution in [0.15, 0.2) is 18.2 Å². The molecule has 0 saturated heterocycles. The predicted octanol–water partition coefficient (Wildman–Crippen LogP) is 4.24. The molecule has 0 radical (unpaired) electrons. The number of nitrogens with two attached hydrogens (primary N) is 1. The summed E-state index contributed by atoms with van der Waals surface area (Å²) in [7, 11) is 1.87. The van der Waals surface area contributed by atoms with Crippen LogP contribution in [-0.2, 0) is 7.05 Å². The van der Waals surface area contributed by atoms with Gasteiger partial charge in [0.05, 0.1) is 15.7 Å². The number of hydrogen-bond acceptors (Lipinski definition) is 2. The van der Waals surface area contributed by atoms with E-state index < -0.39 is 0 Å². The second kappa shape index (κ2) is 4.73. The monoisotopic (exact) mass is 295 g/mol. The lowest BCUT2D eigenvalue weighted by Gasteiger charge is -2.24. The van der Waals surface area contributed by atoms with Crippen molar-refractivity contribution in [2.45, 2.75) is 25.2 Å². The Morgan fingerprint density at radius 1 is 1.26 bits per heavy atom. The maximum atomic E-state index is 6.16. The molecule has 1 heterocycles. The molecule has 1 aromatic heterocycles. The van der Waals surface area contributed by atoms with Crippen LogP contribution in [0.1, 0.15) is 30.9 Å². The van der Waals surface area contributed by atoms with Crippen LogP contribution in [0.4, 0.5) is 5.82 Å². The Morgan fingerprint density at radius 2 is 2.00 bits per heavy atom. The molecular formula is C14H15Cl2N3. The molecule has 1 aliphatic carbocycles. The summed E-state index contributed by atoms with van der Waals surface area (Å²) < 4.78 is 1.74. The van der Waals surface area contributed by atoms with Gasteiger partial charge in [-0.15, -0.1) is 0 Å². The average Bonchev–Trinajstić information content (AvgIpc) is 2.57. The van der Waals surface area contributed by atoms with Gasteiger partial charge in [-0.2, -0.15) is 5.10 Å². The lowest BCUT2D eigenvalue weighted by molar-refractivity contribution is 0.408. The van der Waals surface area contributed by atoms with Crippen molar-refractivity contribution in [3.8, 4) is 11.1 Å². The highest BCUT2D eigenvalue weighted by Crippen LogP contribution is 2.43. The second-order valence-electron chi connectivity index (χ2n) is 5.03.